The summed E-state index contributed by atoms with van der Waals surface area (Å²) in [6.45, 7) is 3.94. The Kier molecular flexibility index (Phi) is 3.71. The van der Waals surface area contributed by atoms with Crippen LogP contribution in [-0.2, 0) is 9.59 Å². The van der Waals surface area contributed by atoms with Crippen LogP contribution in [0.15, 0.2) is 12.1 Å². The van der Waals surface area contributed by atoms with Crippen LogP contribution in [0.4, 0.5) is 5.69 Å². The third kappa shape index (κ3) is 2.85. The van der Waals surface area contributed by atoms with Gasteiger partial charge in [-0.3, -0.25) is 14.9 Å². The van der Waals surface area contributed by atoms with E-state index in [1.807, 2.05) is 0 Å². The summed E-state index contributed by atoms with van der Waals surface area (Å²) in [6, 6.07) is 3.04. The summed E-state index contributed by atoms with van der Waals surface area (Å²) in [5.41, 5.74) is 1.97. The minimum Gasteiger partial charge on any atom is -0.507 e. The zero-order chi connectivity index (χ0) is 14.0. The number of carbonyl (C=O) groups is 2. The molecule has 0 spiro atoms. The number of nitrogens with one attached hydrogen (secondary N) is 3. The highest BCUT2D eigenvalue weighted by Crippen LogP contribution is 2.28. The fraction of sp³-hybridized carbons (Fsp3) is 0.385. The molecule has 2 amide bonds. The van der Waals surface area contributed by atoms with Crippen LogP contribution in [0.3, 0.4) is 0 Å². The fourth-order valence-corrected chi connectivity index (χ4v) is 1.94. The predicted octanol–water partition coefficient (Wildman–Crippen LogP) is 0.0355. The minimum atomic E-state index is -0.458. The van der Waals surface area contributed by atoms with Crippen LogP contribution >= 0.6 is 0 Å². The lowest BCUT2D eigenvalue weighted by molar-refractivity contribution is -0.124. The van der Waals surface area contributed by atoms with E-state index in [2.05, 4.69) is 16.0 Å². The van der Waals surface area contributed by atoms with E-state index in [-0.39, 0.29) is 30.7 Å². The first-order valence-corrected chi connectivity index (χ1v) is 6.09. The number of aromatic hydroxyl groups is 1. The summed E-state index contributed by atoms with van der Waals surface area (Å²) < 4.78 is 0. The van der Waals surface area contributed by atoms with Gasteiger partial charge in [0.25, 0.3) is 0 Å². The lowest BCUT2D eigenvalue weighted by Gasteiger charge is -2.23. The summed E-state index contributed by atoms with van der Waals surface area (Å²) in [5.74, 6) is -0.165. The molecule has 0 radical (unpaired) electrons. The van der Waals surface area contributed by atoms with E-state index in [1.54, 1.807) is 26.0 Å². The summed E-state index contributed by atoms with van der Waals surface area (Å²) in [4.78, 5) is 23.0. The van der Waals surface area contributed by atoms with Crippen molar-refractivity contribution in [2.24, 2.45) is 0 Å². The number of anilines is 1. The number of aryl methyl sites for hydroxylation is 1. The monoisotopic (exact) mass is 263 g/mol. The lowest BCUT2D eigenvalue weighted by Crippen LogP contribution is -2.56. The van der Waals surface area contributed by atoms with Crippen LogP contribution in [0, 0.1) is 13.8 Å². The maximum atomic E-state index is 12.0. The fourth-order valence-electron chi connectivity index (χ4n) is 1.94. The molecule has 1 aromatic carbocycles. The molecule has 1 saturated heterocycles. The molecule has 1 fully saturated rings. The molecule has 1 unspecified atom stereocenters. The van der Waals surface area contributed by atoms with Crippen molar-refractivity contribution in [1.82, 2.24) is 10.6 Å². The van der Waals surface area contributed by atoms with Gasteiger partial charge in [-0.1, -0.05) is 6.07 Å². The number of rotatable bonds is 2. The molecule has 6 nitrogen and oxygen atoms in total. The Hall–Kier alpha value is -2.08. The van der Waals surface area contributed by atoms with E-state index in [0.717, 1.165) is 5.56 Å². The van der Waals surface area contributed by atoms with E-state index in [9.17, 15) is 14.7 Å². The molecule has 102 valence electrons. The number of hydrogen-bond acceptors (Lipinski definition) is 4. The van der Waals surface area contributed by atoms with E-state index in [0.29, 0.717) is 11.3 Å². The molecule has 0 aliphatic carbocycles. The topological polar surface area (TPSA) is 90.5 Å². The second-order valence-corrected chi connectivity index (χ2v) is 4.63. The largest absolute Gasteiger partial charge is 0.507 e. The summed E-state index contributed by atoms with van der Waals surface area (Å²) >= 11 is 0. The van der Waals surface area contributed by atoms with E-state index >= 15 is 0 Å². The Bertz CT molecular complexity index is 518. The number of hydrogen-bond donors (Lipinski definition) is 4. The average molecular weight is 263 g/mol. The minimum absolute atomic E-state index is 0.117. The molecule has 2 rings (SSSR count). The van der Waals surface area contributed by atoms with Gasteiger partial charge in [-0.25, -0.2) is 0 Å². The SMILES string of the molecule is Cc1ccc(NC(=O)C2CNC(=O)CN2)c(C)c1O. The number of phenolic OH excluding ortho intramolecular Hbond substituents is 1. The van der Waals surface area contributed by atoms with Gasteiger partial charge >= 0.3 is 0 Å². The second kappa shape index (κ2) is 5.27. The first-order valence-electron chi connectivity index (χ1n) is 6.09. The quantitative estimate of drug-likeness (QED) is 0.606. The Balaban J connectivity index is 2.07. The molecule has 1 aromatic rings. The molecule has 6 heteroatoms. The maximum Gasteiger partial charge on any atom is 0.243 e. The summed E-state index contributed by atoms with van der Waals surface area (Å²) in [7, 11) is 0. The van der Waals surface area contributed by atoms with Gasteiger partial charge in [-0.2, -0.15) is 0 Å². The first-order chi connectivity index (χ1) is 8.99. The van der Waals surface area contributed by atoms with E-state index < -0.39 is 6.04 Å². The van der Waals surface area contributed by atoms with Crippen LogP contribution in [0.2, 0.25) is 0 Å². The van der Waals surface area contributed by atoms with Gasteiger partial charge < -0.3 is 15.7 Å². The smallest absolute Gasteiger partial charge is 0.243 e. The van der Waals surface area contributed by atoms with Gasteiger partial charge in [0, 0.05) is 17.8 Å². The molecule has 1 atom stereocenters. The van der Waals surface area contributed by atoms with Crippen LogP contribution in [0.25, 0.3) is 0 Å². The molecule has 0 saturated carbocycles. The van der Waals surface area contributed by atoms with Gasteiger partial charge in [0.05, 0.1) is 6.54 Å². The highest BCUT2D eigenvalue weighted by molar-refractivity contribution is 5.97. The van der Waals surface area contributed by atoms with Gasteiger partial charge in [-0.05, 0) is 25.5 Å². The second-order valence-electron chi connectivity index (χ2n) is 4.63. The van der Waals surface area contributed by atoms with Crippen molar-refractivity contribution >= 4 is 17.5 Å². The van der Waals surface area contributed by atoms with Crippen LogP contribution in [0.5, 0.6) is 5.75 Å². The molecule has 1 heterocycles. The Morgan fingerprint density at radius 3 is 2.79 bits per heavy atom. The van der Waals surface area contributed by atoms with Crippen LogP contribution in [0.1, 0.15) is 11.1 Å². The van der Waals surface area contributed by atoms with Crippen molar-refractivity contribution in [3.05, 3.63) is 23.3 Å². The van der Waals surface area contributed by atoms with Crippen molar-refractivity contribution in [2.75, 3.05) is 18.4 Å². The summed E-state index contributed by atoms with van der Waals surface area (Å²) in [5, 5.41) is 18.0. The van der Waals surface area contributed by atoms with Crippen molar-refractivity contribution in [3.8, 4) is 5.75 Å². The third-order valence-electron chi connectivity index (χ3n) is 3.22. The zero-order valence-electron chi connectivity index (χ0n) is 10.9. The predicted molar refractivity (Wildman–Crippen MR) is 71.0 cm³/mol. The van der Waals surface area contributed by atoms with Gasteiger partial charge in [0.15, 0.2) is 0 Å². The average Bonchev–Trinajstić information content (AvgIpc) is 2.40. The molecule has 1 aliphatic rings. The maximum absolute atomic E-state index is 12.0. The van der Waals surface area contributed by atoms with Gasteiger partial charge in [-0.15, -0.1) is 0 Å². The van der Waals surface area contributed by atoms with Crippen molar-refractivity contribution in [3.63, 3.8) is 0 Å². The Morgan fingerprint density at radius 1 is 1.42 bits per heavy atom. The number of phenols is 1. The van der Waals surface area contributed by atoms with Gasteiger partial charge in [0.1, 0.15) is 11.8 Å². The normalized spacial score (nSPS) is 18.8. The van der Waals surface area contributed by atoms with Crippen LogP contribution < -0.4 is 16.0 Å². The van der Waals surface area contributed by atoms with E-state index in [4.69, 9.17) is 0 Å². The van der Waals surface area contributed by atoms with Crippen molar-refractivity contribution in [1.29, 1.82) is 0 Å². The molecule has 4 N–H and O–H groups in total. The standard InChI is InChI=1S/C13H17N3O3/c1-7-3-4-9(8(2)12(7)18)16-13(19)10-5-15-11(17)6-14-10/h3-4,10,14,18H,5-6H2,1-2H3,(H,15,17)(H,16,19). The zero-order valence-corrected chi connectivity index (χ0v) is 10.9. The van der Waals surface area contributed by atoms with Gasteiger partial charge in [0.2, 0.25) is 11.8 Å². The molecule has 0 bridgehead atoms. The molecule has 19 heavy (non-hydrogen) atoms. The highest BCUT2D eigenvalue weighted by Gasteiger charge is 2.24. The molecular formula is C13H17N3O3. The molecular weight excluding hydrogens is 246 g/mol. The Morgan fingerprint density at radius 2 is 2.16 bits per heavy atom. The van der Waals surface area contributed by atoms with Crippen LogP contribution in [-0.4, -0.2) is 36.1 Å². The first kappa shape index (κ1) is 13.4. The van der Waals surface area contributed by atoms with Crippen molar-refractivity contribution in [2.45, 2.75) is 19.9 Å². The number of carbonyl (C=O) groups excluding carboxylic acids is 2. The number of amides is 2. The molecule has 0 aromatic heterocycles. The third-order valence-corrected chi connectivity index (χ3v) is 3.22. The van der Waals surface area contributed by atoms with E-state index in [1.165, 1.54) is 0 Å². The highest BCUT2D eigenvalue weighted by atomic mass is 16.3. The summed E-state index contributed by atoms with van der Waals surface area (Å²) in [6.07, 6.45) is 0. The number of benzene rings is 1. The number of piperazine rings is 1. The Labute approximate surface area is 111 Å². The lowest BCUT2D eigenvalue weighted by atomic mass is 10.1. The van der Waals surface area contributed by atoms with Crippen molar-refractivity contribution < 1.29 is 14.7 Å². The molecule has 1 aliphatic heterocycles.